The van der Waals surface area contributed by atoms with Crippen LogP contribution in [0.15, 0.2) is 47.4 Å². The molecule has 2 rings (SSSR count). The van der Waals surface area contributed by atoms with Crippen LogP contribution in [0.4, 0.5) is 0 Å². The molecule has 20 heavy (non-hydrogen) atoms. The SMILES string of the molecule is CSc1ccc(OCc2ccc(C=CC(=O)O)s2)cc1. The average molecular weight is 306 g/mol. The van der Waals surface area contributed by atoms with Crippen molar-refractivity contribution in [1.29, 1.82) is 0 Å². The zero-order valence-corrected chi connectivity index (χ0v) is 12.5. The third-order valence-corrected chi connectivity index (χ3v) is 4.28. The molecule has 1 N–H and O–H groups in total. The fourth-order valence-corrected chi connectivity index (χ4v) is 2.78. The normalized spacial score (nSPS) is 10.8. The number of benzene rings is 1. The van der Waals surface area contributed by atoms with Gasteiger partial charge in [-0.3, -0.25) is 0 Å². The van der Waals surface area contributed by atoms with E-state index in [1.165, 1.54) is 16.2 Å². The number of rotatable bonds is 6. The molecule has 1 aromatic carbocycles. The summed E-state index contributed by atoms with van der Waals surface area (Å²) < 4.78 is 5.69. The lowest BCUT2D eigenvalue weighted by molar-refractivity contribution is -0.131. The minimum absolute atomic E-state index is 0.490. The summed E-state index contributed by atoms with van der Waals surface area (Å²) in [5.41, 5.74) is 0. The maximum Gasteiger partial charge on any atom is 0.328 e. The molecule has 0 amide bonds. The molecular formula is C15H14O3S2. The first-order valence-corrected chi connectivity index (χ1v) is 7.98. The Labute approximate surface area is 125 Å². The Kier molecular flexibility index (Phi) is 5.26. The van der Waals surface area contributed by atoms with Gasteiger partial charge in [0, 0.05) is 20.7 Å². The number of aliphatic carboxylic acids is 1. The van der Waals surface area contributed by atoms with Crippen LogP contribution in [0.5, 0.6) is 5.75 Å². The number of carbonyl (C=O) groups is 1. The van der Waals surface area contributed by atoms with E-state index < -0.39 is 5.97 Å². The summed E-state index contributed by atoms with van der Waals surface area (Å²) in [5.74, 6) is -0.107. The van der Waals surface area contributed by atoms with E-state index in [1.54, 1.807) is 17.8 Å². The van der Waals surface area contributed by atoms with Crippen molar-refractivity contribution in [2.24, 2.45) is 0 Å². The highest BCUT2D eigenvalue weighted by atomic mass is 32.2. The van der Waals surface area contributed by atoms with Crippen LogP contribution >= 0.6 is 23.1 Å². The van der Waals surface area contributed by atoms with E-state index in [0.29, 0.717) is 6.61 Å². The molecule has 2 aromatic rings. The number of thiophene rings is 1. The maximum atomic E-state index is 10.4. The molecule has 5 heteroatoms. The molecule has 0 radical (unpaired) electrons. The van der Waals surface area contributed by atoms with Gasteiger partial charge in [0.2, 0.25) is 0 Å². The summed E-state index contributed by atoms with van der Waals surface area (Å²) in [6.45, 7) is 0.490. The van der Waals surface area contributed by atoms with Gasteiger partial charge < -0.3 is 9.84 Å². The van der Waals surface area contributed by atoms with Crippen LogP contribution in [-0.2, 0) is 11.4 Å². The Morgan fingerprint density at radius 2 is 2.05 bits per heavy atom. The van der Waals surface area contributed by atoms with Crippen molar-refractivity contribution in [3.63, 3.8) is 0 Å². The van der Waals surface area contributed by atoms with Gasteiger partial charge in [0.25, 0.3) is 0 Å². The van der Waals surface area contributed by atoms with Gasteiger partial charge >= 0.3 is 5.97 Å². The van der Waals surface area contributed by atoms with Crippen molar-refractivity contribution < 1.29 is 14.6 Å². The van der Waals surface area contributed by atoms with Crippen molar-refractivity contribution in [2.45, 2.75) is 11.5 Å². The molecule has 1 aromatic heterocycles. The Morgan fingerprint density at radius 1 is 1.30 bits per heavy atom. The predicted octanol–water partition coefficient (Wildman–Crippen LogP) is 4.15. The molecule has 0 saturated heterocycles. The van der Waals surface area contributed by atoms with Crippen molar-refractivity contribution in [3.8, 4) is 5.75 Å². The third-order valence-electron chi connectivity index (χ3n) is 2.51. The van der Waals surface area contributed by atoms with Crippen molar-refractivity contribution >= 4 is 35.1 Å². The first-order valence-electron chi connectivity index (χ1n) is 5.94. The van der Waals surface area contributed by atoms with Gasteiger partial charge in [-0.15, -0.1) is 23.1 Å². The number of carboxylic acids is 1. The van der Waals surface area contributed by atoms with Crippen LogP contribution in [0.25, 0.3) is 6.08 Å². The molecule has 1 heterocycles. The molecule has 104 valence electrons. The van der Waals surface area contributed by atoms with Gasteiger partial charge in [0.05, 0.1) is 0 Å². The second kappa shape index (κ2) is 7.17. The fourth-order valence-electron chi connectivity index (χ4n) is 1.54. The minimum Gasteiger partial charge on any atom is -0.488 e. The molecule has 0 bridgehead atoms. The Hall–Kier alpha value is -1.72. The predicted molar refractivity (Wildman–Crippen MR) is 83.5 cm³/mol. The lowest BCUT2D eigenvalue weighted by Gasteiger charge is -2.04. The van der Waals surface area contributed by atoms with Crippen LogP contribution in [0.3, 0.4) is 0 Å². The van der Waals surface area contributed by atoms with E-state index >= 15 is 0 Å². The third kappa shape index (κ3) is 4.43. The molecular weight excluding hydrogens is 292 g/mol. The Bertz CT molecular complexity index is 600. The van der Waals surface area contributed by atoms with E-state index in [1.807, 2.05) is 42.7 Å². The van der Waals surface area contributed by atoms with Crippen LogP contribution in [0, 0.1) is 0 Å². The van der Waals surface area contributed by atoms with Crippen LogP contribution in [0.2, 0.25) is 0 Å². The zero-order valence-electron chi connectivity index (χ0n) is 10.9. The monoisotopic (exact) mass is 306 g/mol. The van der Waals surface area contributed by atoms with E-state index in [0.717, 1.165) is 21.6 Å². The summed E-state index contributed by atoms with van der Waals surface area (Å²) in [5, 5.41) is 8.57. The summed E-state index contributed by atoms with van der Waals surface area (Å²) in [4.78, 5) is 13.6. The Morgan fingerprint density at radius 3 is 2.70 bits per heavy atom. The largest absolute Gasteiger partial charge is 0.488 e. The lowest BCUT2D eigenvalue weighted by atomic mass is 10.3. The molecule has 0 aliphatic heterocycles. The molecule has 0 spiro atoms. The van der Waals surface area contributed by atoms with Crippen LogP contribution < -0.4 is 4.74 Å². The van der Waals surface area contributed by atoms with Crippen LogP contribution in [0.1, 0.15) is 9.75 Å². The van der Waals surface area contributed by atoms with Gasteiger partial charge in [0.15, 0.2) is 0 Å². The van der Waals surface area contributed by atoms with Gasteiger partial charge in [-0.25, -0.2) is 4.79 Å². The first kappa shape index (κ1) is 14.7. The fraction of sp³-hybridized carbons (Fsp3) is 0.133. The van der Waals surface area contributed by atoms with E-state index in [-0.39, 0.29) is 0 Å². The first-order chi connectivity index (χ1) is 9.67. The maximum absolute atomic E-state index is 10.4. The molecule has 3 nitrogen and oxygen atoms in total. The smallest absolute Gasteiger partial charge is 0.328 e. The molecule has 0 aliphatic carbocycles. The number of ether oxygens (including phenoxy) is 1. The quantitative estimate of drug-likeness (QED) is 0.643. The standard InChI is InChI=1S/C15H14O3S2/c1-19-12-4-2-11(3-5-12)18-10-14-7-6-13(20-14)8-9-15(16)17/h2-9H,10H2,1H3,(H,16,17). The summed E-state index contributed by atoms with van der Waals surface area (Å²) in [7, 11) is 0. The number of thioether (sulfide) groups is 1. The number of hydrogen-bond acceptors (Lipinski definition) is 4. The molecule has 0 aliphatic rings. The van der Waals surface area contributed by atoms with Crippen molar-refractivity contribution in [3.05, 3.63) is 52.2 Å². The number of carboxylic acid groups (broad SMARTS) is 1. The van der Waals surface area contributed by atoms with Crippen molar-refractivity contribution in [2.75, 3.05) is 6.26 Å². The topological polar surface area (TPSA) is 46.5 Å². The van der Waals surface area contributed by atoms with E-state index in [2.05, 4.69) is 0 Å². The summed E-state index contributed by atoms with van der Waals surface area (Å²) in [6.07, 6.45) is 4.76. The summed E-state index contributed by atoms with van der Waals surface area (Å²) >= 11 is 3.22. The average Bonchev–Trinajstić information content (AvgIpc) is 2.91. The second-order valence-electron chi connectivity index (χ2n) is 3.94. The van der Waals surface area contributed by atoms with Crippen molar-refractivity contribution in [1.82, 2.24) is 0 Å². The minimum atomic E-state index is -0.940. The van der Waals surface area contributed by atoms with E-state index in [9.17, 15) is 4.79 Å². The Balaban J connectivity index is 1.91. The highest BCUT2D eigenvalue weighted by Gasteiger charge is 2.00. The molecule has 0 fully saturated rings. The second-order valence-corrected chi connectivity index (χ2v) is 6.02. The lowest BCUT2D eigenvalue weighted by Crippen LogP contribution is -1.92. The van der Waals surface area contributed by atoms with Crippen LogP contribution in [-0.4, -0.2) is 17.3 Å². The number of hydrogen-bond donors (Lipinski definition) is 1. The summed E-state index contributed by atoms with van der Waals surface area (Å²) in [6, 6.07) is 11.8. The zero-order chi connectivity index (χ0) is 14.4. The molecule has 0 unspecified atom stereocenters. The van der Waals surface area contributed by atoms with Gasteiger partial charge in [0.1, 0.15) is 12.4 Å². The molecule has 0 atom stereocenters. The van der Waals surface area contributed by atoms with Gasteiger partial charge in [-0.2, -0.15) is 0 Å². The van der Waals surface area contributed by atoms with Gasteiger partial charge in [-0.1, -0.05) is 0 Å². The highest BCUT2D eigenvalue weighted by molar-refractivity contribution is 7.98. The van der Waals surface area contributed by atoms with E-state index in [4.69, 9.17) is 9.84 Å². The molecule has 0 saturated carbocycles. The highest BCUT2D eigenvalue weighted by Crippen LogP contribution is 2.22. The van der Waals surface area contributed by atoms with Gasteiger partial charge in [-0.05, 0) is 48.7 Å².